The first-order chi connectivity index (χ1) is 12.6. The van der Waals surface area contributed by atoms with Crippen LogP contribution in [0.1, 0.15) is 45.2 Å². The molecule has 1 aliphatic heterocycles. The minimum absolute atomic E-state index is 0.0400. The molecule has 2 rings (SSSR count). The van der Waals surface area contributed by atoms with Crippen molar-refractivity contribution in [2.45, 2.75) is 51.4 Å². The van der Waals surface area contributed by atoms with Crippen LogP contribution in [0.3, 0.4) is 0 Å². The summed E-state index contributed by atoms with van der Waals surface area (Å²) < 4.78 is 5.74. The lowest BCUT2D eigenvalue weighted by Crippen LogP contribution is -2.53. The van der Waals surface area contributed by atoms with Crippen LogP contribution in [-0.4, -0.2) is 39.4 Å². The molecule has 0 aromatic heterocycles. The van der Waals surface area contributed by atoms with E-state index in [0.717, 1.165) is 0 Å². The third kappa shape index (κ3) is 4.67. The van der Waals surface area contributed by atoms with Gasteiger partial charge in [0, 0.05) is 24.8 Å². The van der Waals surface area contributed by atoms with Crippen molar-refractivity contribution in [3.63, 3.8) is 0 Å². The number of halogens is 1. The van der Waals surface area contributed by atoms with E-state index < -0.39 is 28.6 Å². The fourth-order valence-electron chi connectivity index (χ4n) is 2.90. The molecule has 1 aliphatic rings. The lowest BCUT2D eigenvalue weighted by molar-refractivity contribution is -0.384. The molecule has 2 amide bonds. The van der Waals surface area contributed by atoms with E-state index in [2.05, 4.69) is 10.6 Å². The standard InChI is InChI=1S/C17H22ClN3O6/c1-9(22)19-11-7-10-13(8-12(11)21(25)26)27-17(2,3)16(24)15(10)20-14(23)5-4-6-18/h7-8,15-16,24H,4-6H2,1-3H3,(H,19,22)(H,20,23). The number of nitrogens with one attached hydrogen (secondary N) is 2. The smallest absolute Gasteiger partial charge is 0.296 e. The van der Waals surface area contributed by atoms with Crippen molar-refractivity contribution in [1.29, 1.82) is 0 Å². The number of rotatable bonds is 6. The first kappa shape index (κ1) is 20.9. The second-order valence-corrected chi connectivity index (χ2v) is 7.21. The highest BCUT2D eigenvalue weighted by atomic mass is 35.5. The van der Waals surface area contributed by atoms with Crippen molar-refractivity contribution in [2.24, 2.45) is 0 Å². The molecule has 2 atom stereocenters. The molecule has 2 unspecified atom stereocenters. The van der Waals surface area contributed by atoms with Crippen molar-refractivity contribution in [1.82, 2.24) is 5.32 Å². The van der Waals surface area contributed by atoms with Crippen LogP contribution in [0.5, 0.6) is 5.75 Å². The van der Waals surface area contributed by atoms with Gasteiger partial charge < -0.3 is 20.5 Å². The largest absolute Gasteiger partial charge is 0.484 e. The van der Waals surface area contributed by atoms with Crippen LogP contribution in [0, 0.1) is 10.1 Å². The molecule has 27 heavy (non-hydrogen) atoms. The van der Waals surface area contributed by atoms with E-state index in [1.807, 2.05) is 0 Å². The van der Waals surface area contributed by atoms with Crippen molar-refractivity contribution < 1.29 is 24.4 Å². The van der Waals surface area contributed by atoms with E-state index in [-0.39, 0.29) is 29.5 Å². The highest BCUT2D eigenvalue weighted by molar-refractivity contribution is 6.17. The molecule has 0 saturated heterocycles. The van der Waals surface area contributed by atoms with Crippen LogP contribution in [0.15, 0.2) is 12.1 Å². The van der Waals surface area contributed by atoms with E-state index in [1.165, 1.54) is 19.1 Å². The summed E-state index contributed by atoms with van der Waals surface area (Å²) in [6.07, 6.45) is -0.466. The van der Waals surface area contributed by atoms with Crippen LogP contribution in [0.2, 0.25) is 0 Å². The van der Waals surface area contributed by atoms with Gasteiger partial charge in [-0.25, -0.2) is 0 Å². The molecule has 10 heteroatoms. The number of hydrogen-bond donors (Lipinski definition) is 3. The number of aliphatic hydroxyl groups is 1. The highest BCUT2D eigenvalue weighted by Gasteiger charge is 2.44. The van der Waals surface area contributed by atoms with E-state index in [4.69, 9.17) is 16.3 Å². The van der Waals surface area contributed by atoms with Gasteiger partial charge in [-0.3, -0.25) is 19.7 Å². The number of alkyl halides is 1. The number of hydrogen-bond acceptors (Lipinski definition) is 6. The van der Waals surface area contributed by atoms with Crippen molar-refractivity contribution in [3.05, 3.63) is 27.8 Å². The third-order valence-corrected chi connectivity index (χ3v) is 4.49. The first-order valence-electron chi connectivity index (χ1n) is 8.39. The van der Waals surface area contributed by atoms with Crippen LogP contribution < -0.4 is 15.4 Å². The Morgan fingerprint density at radius 1 is 1.41 bits per heavy atom. The molecule has 9 nitrogen and oxygen atoms in total. The number of nitro benzene ring substituents is 1. The molecule has 1 heterocycles. The van der Waals surface area contributed by atoms with Gasteiger partial charge in [-0.05, 0) is 26.3 Å². The van der Waals surface area contributed by atoms with Gasteiger partial charge in [-0.1, -0.05) is 0 Å². The number of nitro groups is 1. The Morgan fingerprint density at radius 2 is 2.07 bits per heavy atom. The zero-order chi connectivity index (χ0) is 20.4. The Bertz CT molecular complexity index is 767. The van der Waals surface area contributed by atoms with E-state index in [0.29, 0.717) is 17.9 Å². The number of carbonyl (C=O) groups excluding carboxylic acids is 2. The van der Waals surface area contributed by atoms with Crippen LogP contribution in [0.4, 0.5) is 11.4 Å². The SMILES string of the molecule is CC(=O)Nc1cc2c(cc1[N+](=O)[O-])OC(C)(C)C(O)C2NC(=O)CCCCl. The number of carbonyl (C=O) groups is 2. The van der Waals surface area contributed by atoms with E-state index in [9.17, 15) is 24.8 Å². The third-order valence-electron chi connectivity index (χ3n) is 4.23. The molecule has 0 aliphatic carbocycles. The summed E-state index contributed by atoms with van der Waals surface area (Å²) in [5, 5.41) is 27.2. The number of benzene rings is 1. The number of ether oxygens (including phenoxy) is 1. The molecule has 0 bridgehead atoms. The molecule has 0 fully saturated rings. The number of anilines is 1. The maximum Gasteiger partial charge on any atom is 0.296 e. The molecule has 0 spiro atoms. The quantitative estimate of drug-likeness (QED) is 0.382. The van der Waals surface area contributed by atoms with Gasteiger partial charge in [-0.15, -0.1) is 11.6 Å². The van der Waals surface area contributed by atoms with Crippen LogP contribution in [-0.2, 0) is 9.59 Å². The minimum atomic E-state index is -1.11. The summed E-state index contributed by atoms with van der Waals surface area (Å²) in [6.45, 7) is 4.46. The maximum absolute atomic E-state index is 12.2. The molecule has 1 aromatic carbocycles. The summed E-state index contributed by atoms with van der Waals surface area (Å²) >= 11 is 5.61. The molecule has 1 aromatic rings. The van der Waals surface area contributed by atoms with Gasteiger partial charge in [0.05, 0.1) is 17.0 Å². The van der Waals surface area contributed by atoms with Crippen molar-refractivity contribution >= 4 is 34.8 Å². The molecular weight excluding hydrogens is 378 g/mol. The van der Waals surface area contributed by atoms with Gasteiger partial charge in [-0.2, -0.15) is 0 Å². The number of amides is 2. The molecule has 148 valence electrons. The summed E-state index contributed by atoms with van der Waals surface area (Å²) in [5.41, 5.74) is -1.14. The van der Waals surface area contributed by atoms with Gasteiger partial charge in [0.15, 0.2) is 0 Å². The Hall–Kier alpha value is -2.39. The fourth-order valence-corrected chi connectivity index (χ4v) is 3.04. The lowest BCUT2D eigenvalue weighted by Gasteiger charge is -2.42. The van der Waals surface area contributed by atoms with E-state index >= 15 is 0 Å². The van der Waals surface area contributed by atoms with Gasteiger partial charge in [0.25, 0.3) is 5.69 Å². The topological polar surface area (TPSA) is 131 Å². The van der Waals surface area contributed by atoms with Gasteiger partial charge >= 0.3 is 0 Å². The second kappa shape index (κ2) is 8.10. The number of fused-ring (bicyclic) bond motifs is 1. The highest BCUT2D eigenvalue weighted by Crippen LogP contribution is 2.44. The average Bonchev–Trinajstić information content (AvgIpc) is 2.56. The van der Waals surface area contributed by atoms with E-state index in [1.54, 1.807) is 13.8 Å². The Kier molecular flexibility index (Phi) is 6.27. The number of aliphatic hydroxyl groups excluding tert-OH is 1. The molecule has 0 radical (unpaired) electrons. The Balaban J connectivity index is 2.51. The molecule has 0 saturated carbocycles. The minimum Gasteiger partial charge on any atom is -0.484 e. The van der Waals surface area contributed by atoms with Crippen molar-refractivity contribution in [3.8, 4) is 5.75 Å². The molecular formula is C17H22ClN3O6. The summed E-state index contributed by atoms with van der Waals surface area (Å²) in [5.74, 6) is -0.320. The molecule has 3 N–H and O–H groups in total. The zero-order valence-corrected chi connectivity index (χ0v) is 16.0. The second-order valence-electron chi connectivity index (χ2n) is 6.83. The zero-order valence-electron chi connectivity index (χ0n) is 15.2. The fraction of sp³-hybridized carbons (Fsp3) is 0.529. The normalized spacial score (nSPS) is 20.2. The lowest BCUT2D eigenvalue weighted by atomic mass is 9.86. The van der Waals surface area contributed by atoms with Crippen molar-refractivity contribution in [2.75, 3.05) is 11.2 Å². The Morgan fingerprint density at radius 3 is 2.63 bits per heavy atom. The predicted molar refractivity (Wildman–Crippen MR) is 99.0 cm³/mol. The Labute approximate surface area is 161 Å². The average molecular weight is 400 g/mol. The summed E-state index contributed by atoms with van der Waals surface area (Å²) in [6, 6.07) is 1.67. The maximum atomic E-state index is 12.2. The monoisotopic (exact) mass is 399 g/mol. The summed E-state index contributed by atoms with van der Waals surface area (Å²) in [4.78, 5) is 34.3. The van der Waals surface area contributed by atoms with Gasteiger partial charge in [0.1, 0.15) is 23.1 Å². The van der Waals surface area contributed by atoms with Crippen LogP contribution in [0.25, 0.3) is 0 Å². The predicted octanol–water partition coefficient (Wildman–Crippen LogP) is 2.26. The van der Waals surface area contributed by atoms with Gasteiger partial charge in [0.2, 0.25) is 11.8 Å². The summed E-state index contributed by atoms with van der Waals surface area (Å²) in [7, 11) is 0. The first-order valence-corrected chi connectivity index (χ1v) is 8.92. The number of nitrogens with zero attached hydrogens (tertiary/aromatic N) is 1. The van der Waals surface area contributed by atoms with Crippen LogP contribution >= 0.6 is 11.6 Å².